The molecule has 2 aromatic heterocycles. The Kier molecular flexibility index (Phi) is 4.42. The Morgan fingerprint density at radius 1 is 1.63 bits per heavy atom. The molecule has 0 aromatic carbocycles. The summed E-state index contributed by atoms with van der Waals surface area (Å²) in [4.78, 5) is 5.74. The molecule has 1 fully saturated rings. The first-order chi connectivity index (χ1) is 9.36. The Hall–Kier alpha value is -0.560. The highest BCUT2D eigenvalue weighted by molar-refractivity contribution is 7.99. The minimum Gasteiger partial charge on any atom is -0.375 e. The van der Waals surface area contributed by atoms with Crippen LogP contribution < -0.4 is 5.32 Å². The normalized spacial score (nSPS) is 21.8. The van der Waals surface area contributed by atoms with Crippen LogP contribution in [0.4, 0.5) is 0 Å². The quantitative estimate of drug-likeness (QED) is 0.917. The third-order valence-corrected chi connectivity index (χ3v) is 5.12. The summed E-state index contributed by atoms with van der Waals surface area (Å²) in [5.74, 6) is 2.20. The minimum absolute atomic E-state index is 0.304. The molecule has 2 atom stereocenters. The molecule has 0 spiro atoms. The highest BCUT2D eigenvalue weighted by Gasteiger charge is 2.25. The predicted octanol–water partition coefficient (Wildman–Crippen LogP) is 2.05. The molecule has 4 nitrogen and oxygen atoms in total. The van der Waals surface area contributed by atoms with Crippen molar-refractivity contribution in [2.75, 3.05) is 24.7 Å². The largest absolute Gasteiger partial charge is 0.375 e. The number of hydrogen-bond donors (Lipinski definition) is 1. The van der Waals surface area contributed by atoms with Crippen LogP contribution in [0.1, 0.15) is 12.6 Å². The van der Waals surface area contributed by atoms with Crippen LogP contribution in [0.3, 0.4) is 0 Å². The topological polar surface area (TPSA) is 38.6 Å². The SMILES string of the molecule is CCNC(Cc1cn2ccsc2n1)C1CSCCO1. The number of nitrogens with one attached hydrogen (secondary N) is 1. The van der Waals surface area contributed by atoms with Crippen molar-refractivity contribution in [3.63, 3.8) is 0 Å². The lowest BCUT2D eigenvalue weighted by atomic mass is 10.1. The lowest BCUT2D eigenvalue weighted by Gasteiger charge is -2.30. The molecule has 2 unspecified atom stereocenters. The summed E-state index contributed by atoms with van der Waals surface area (Å²) >= 11 is 3.67. The van der Waals surface area contributed by atoms with Crippen molar-refractivity contribution in [3.05, 3.63) is 23.5 Å². The molecule has 3 rings (SSSR count). The summed E-state index contributed by atoms with van der Waals surface area (Å²) in [6, 6.07) is 0.363. The monoisotopic (exact) mass is 297 g/mol. The molecule has 3 heterocycles. The van der Waals surface area contributed by atoms with Crippen molar-refractivity contribution in [1.29, 1.82) is 0 Å². The molecule has 1 N–H and O–H groups in total. The lowest BCUT2D eigenvalue weighted by molar-refractivity contribution is 0.0474. The molecule has 0 bridgehead atoms. The first-order valence-corrected chi connectivity index (χ1v) is 8.74. The van der Waals surface area contributed by atoms with Crippen molar-refractivity contribution >= 4 is 28.1 Å². The van der Waals surface area contributed by atoms with Crippen molar-refractivity contribution < 1.29 is 4.74 Å². The van der Waals surface area contributed by atoms with E-state index in [9.17, 15) is 0 Å². The maximum absolute atomic E-state index is 5.91. The van der Waals surface area contributed by atoms with E-state index in [2.05, 4.69) is 39.4 Å². The smallest absolute Gasteiger partial charge is 0.193 e. The summed E-state index contributed by atoms with van der Waals surface area (Å²) in [5.41, 5.74) is 1.15. The van der Waals surface area contributed by atoms with Crippen molar-refractivity contribution in [2.45, 2.75) is 25.5 Å². The van der Waals surface area contributed by atoms with Gasteiger partial charge in [-0.3, -0.25) is 4.40 Å². The van der Waals surface area contributed by atoms with Gasteiger partial charge in [-0.05, 0) is 6.54 Å². The average Bonchev–Trinajstić information content (AvgIpc) is 3.00. The number of ether oxygens (including phenoxy) is 1. The maximum atomic E-state index is 5.91. The van der Waals surface area contributed by atoms with Gasteiger partial charge in [-0.1, -0.05) is 6.92 Å². The zero-order chi connectivity index (χ0) is 13.1. The van der Waals surface area contributed by atoms with E-state index in [0.717, 1.165) is 41.7 Å². The molecule has 0 aliphatic carbocycles. The van der Waals surface area contributed by atoms with Gasteiger partial charge in [0.2, 0.25) is 0 Å². The Bertz CT molecular complexity index is 490. The van der Waals surface area contributed by atoms with Crippen molar-refractivity contribution in [1.82, 2.24) is 14.7 Å². The molecule has 2 aromatic rings. The van der Waals surface area contributed by atoms with Crippen LogP contribution in [-0.4, -0.2) is 46.2 Å². The molecule has 1 aliphatic rings. The molecule has 104 valence electrons. The third kappa shape index (κ3) is 3.13. The van der Waals surface area contributed by atoms with Gasteiger partial charge in [-0.25, -0.2) is 4.98 Å². The summed E-state index contributed by atoms with van der Waals surface area (Å²) in [6.45, 7) is 3.99. The highest BCUT2D eigenvalue weighted by atomic mass is 32.2. The van der Waals surface area contributed by atoms with Crippen LogP contribution in [0.5, 0.6) is 0 Å². The number of nitrogens with zero attached hydrogens (tertiary/aromatic N) is 2. The number of thioether (sulfide) groups is 1. The molecule has 1 saturated heterocycles. The van der Waals surface area contributed by atoms with Crippen LogP contribution in [0, 0.1) is 0 Å². The Morgan fingerprint density at radius 3 is 3.32 bits per heavy atom. The summed E-state index contributed by atoms with van der Waals surface area (Å²) in [7, 11) is 0. The highest BCUT2D eigenvalue weighted by Crippen LogP contribution is 2.19. The summed E-state index contributed by atoms with van der Waals surface area (Å²) < 4.78 is 8.00. The van der Waals surface area contributed by atoms with Crippen molar-refractivity contribution in [3.8, 4) is 0 Å². The average molecular weight is 297 g/mol. The van der Waals surface area contributed by atoms with Crippen LogP contribution in [0.15, 0.2) is 17.8 Å². The van der Waals surface area contributed by atoms with Gasteiger partial charge >= 0.3 is 0 Å². The van der Waals surface area contributed by atoms with Gasteiger partial charge in [0.25, 0.3) is 0 Å². The second kappa shape index (κ2) is 6.26. The van der Waals surface area contributed by atoms with E-state index in [1.165, 1.54) is 0 Å². The number of aromatic nitrogens is 2. The molecular formula is C13H19N3OS2. The number of imidazole rings is 1. The number of thiazole rings is 1. The first-order valence-electron chi connectivity index (χ1n) is 6.70. The second-order valence-corrected chi connectivity index (χ2v) is 6.70. The molecule has 0 radical (unpaired) electrons. The van der Waals surface area contributed by atoms with Crippen LogP contribution >= 0.6 is 23.1 Å². The Labute approximate surface area is 121 Å². The minimum atomic E-state index is 0.304. The predicted molar refractivity (Wildman–Crippen MR) is 81.3 cm³/mol. The van der Waals surface area contributed by atoms with Gasteiger partial charge in [0.05, 0.1) is 18.4 Å². The zero-order valence-electron chi connectivity index (χ0n) is 11.0. The van der Waals surface area contributed by atoms with Gasteiger partial charge in [-0.15, -0.1) is 11.3 Å². The zero-order valence-corrected chi connectivity index (χ0v) is 12.7. The van der Waals surface area contributed by atoms with E-state index in [1.54, 1.807) is 11.3 Å². The number of hydrogen-bond acceptors (Lipinski definition) is 5. The fourth-order valence-corrected chi connectivity index (χ4v) is 4.10. The van der Waals surface area contributed by atoms with Crippen LogP contribution in [0.2, 0.25) is 0 Å². The molecule has 19 heavy (non-hydrogen) atoms. The van der Waals surface area contributed by atoms with Crippen LogP contribution in [0.25, 0.3) is 4.96 Å². The molecule has 6 heteroatoms. The van der Waals surface area contributed by atoms with Gasteiger partial charge in [0.1, 0.15) is 0 Å². The fraction of sp³-hybridized carbons (Fsp3) is 0.615. The van der Waals surface area contributed by atoms with E-state index in [0.29, 0.717) is 12.1 Å². The molecule has 0 amide bonds. The van der Waals surface area contributed by atoms with E-state index in [4.69, 9.17) is 4.74 Å². The van der Waals surface area contributed by atoms with E-state index >= 15 is 0 Å². The van der Waals surface area contributed by atoms with Gasteiger partial charge in [0, 0.05) is 41.7 Å². The lowest BCUT2D eigenvalue weighted by Crippen LogP contribution is -2.46. The molecule has 1 aliphatic heterocycles. The fourth-order valence-electron chi connectivity index (χ4n) is 2.44. The Balaban J connectivity index is 1.70. The van der Waals surface area contributed by atoms with Gasteiger partial charge < -0.3 is 10.1 Å². The standard InChI is InChI=1S/C13H19N3OS2/c1-2-14-11(12-9-18-6-4-17-12)7-10-8-16-3-5-19-13(16)15-10/h3,5,8,11-12,14H,2,4,6-7,9H2,1H3. The second-order valence-electron chi connectivity index (χ2n) is 4.68. The maximum Gasteiger partial charge on any atom is 0.193 e. The van der Waals surface area contributed by atoms with Gasteiger partial charge in [-0.2, -0.15) is 11.8 Å². The summed E-state index contributed by atoms with van der Waals surface area (Å²) in [5, 5.41) is 5.62. The Morgan fingerprint density at radius 2 is 2.58 bits per heavy atom. The number of rotatable bonds is 5. The van der Waals surface area contributed by atoms with Gasteiger partial charge in [0.15, 0.2) is 4.96 Å². The molecular weight excluding hydrogens is 278 g/mol. The van der Waals surface area contributed by atoms with E-state index in [-0.39, 0.29) is 0 Å². The van der Waals surface area contributed by atoms with Crippen molar-refractivity contribution in [2.24, 2.45) is 0 Å². The van der Waals surface area contributed by atoms with E-state index < -0.39 is 0 Å². The van der Waals surface area contributed by atoms with E-state index in [1.807, 2.05) is 11.8 Å². The number of fused-ring (bicyclic) bond motifs is 1. The first kappa shape index (κ1) is 13.4. The van der Waals surface area contributed by atoms with Crippen LogP contribution in [-0.2, 0) is 11.2 Å². The molecule has 0 saturated carbocycles. The number of likely N-dealkylation sites (N-methyl/N-ethyl adjacent to an activating group) is 1. The third-order valence-electron chi connectivity index (χ3n) is 3.33. The summed E-state index contributed by atoms with van der Waals surface area (Å²) in [6.07, 6.45) is 5.43.